The Hall–Kier alpha value is -1.10. The molecule has 0 heterocycles. The normalized spacial score (nSPS) is 10.6. The number of hydrogen-bond acceptors (Lipinski definition) is 5. The van der Waals surface area contributed by atoms with E-state index in [1.54, 1.807) is 0 Å². The molecule has 0 amide bonds. The largest absolute Gasteiger partial charge is 0.464 e. The minimum atomic E-state index is -0.425. The van der Waals surface area contributed by atoms with Crippen molar-refractivity contribution in [3.63, 3.8) is 0 Å². The van der Waals surface area contributed by atoms with E-state index in [0.717, 1.165) is 38.5 Å². The predicted octanol–water partition coefficient (Wildman–Crippen LogP) is 4.42. The zero-order chi connectivity index (χ0) is 17.9. The van der Waals surface area contributed by atoms with E-state index in [0.29, 0.717) is 13.2 Å². The molecule has 0 fully saturated rings. The molecule has 0 spiro atoms. The molecule has 0 atom stereocenters. The third-order valence-corrected chi connectivity index (χ3v) is 3.71. The molecule has 0 saturated heterocycles. The monoisotopic (exact) mass is 344 g/mol. The number of ether oxygens (including phenoxy) is 3. The third kappa shape index (κ3) is 17.3. The van der Waals surface area contributed by atoms with E-state index < -0.39 is 11.9 Å². The zero-order valence-corrected chi connectivity index (χ0v) is 15.6. The van der Waals surface area contributed by atoms with Gasteiger partial charge in [0.05, 0.1) is 13.2 Å². The summed E-state index contributed by atoms with van der Waals surface area (Å²) in [6.45, 7) is 4.80. The lowest BCUT2D eigenvalue weighted by molar-refractivity contribution is -0.155. The Kier molecular flexibility index (Phi) is 17.4. The number of carbonyl (C=O) groups excluding carboxylic acids is 2. The summed E-state index contributed by atoms with van der Waals surface area (Å²) in [5, 5.41) is 0. The Labute approximate surface area is 147 Å². The molecule has 142 valence electrons. The average Bonchev–Trinajstić information content (AvgIpc) is 2.57. The molecule has 0 rings (SSSR count). The SMILES string of the molecule is CCCCCCCCCOC(=O)COCC(=O)OCCCCCC. The maximum absolute atomic E-state index is 11.4. The lowest BCUT2D eigenvalue weighted by atomic mass is 10.1. The van der Waals surface area contributed by atoms with Gasteiger partial charge in [-0.25, -0.2) is 9.59 Å². The highest BCUT2D eigenvalue weighted by Gasteiger charge is 2.07. The van der Waals surface area contributed by atoms with Crippen LogP contribution in [0.3, 0.4) is 0 Å². The number of carbonyl (C=O) groups is 2. The summed E-state index contributed by atoms with van der Waals surface area (Å²) in [5.41, 5.74) is 0. The van der Waals surface area contributed by atoms with Crippen LogP contribution in [-0.2, 0) is 23.8 Å². The summed E-state index contributed by atoms with van der Waals surface area (Å²) < 4.78 is 15.1. The van der Waals surface area contributed by atoms with Gasteiger partial charge in [0.2, 0.25) is 0 Å². The standard InChI is InChI=1S/C19H36O5/c1-3-5-7-9-10-11-13-15-24-19(21)17-22-16-18(20)23-14-12-8-6-4-2/h3-17H2,1-2H3. The summed E-state index contributed by atoms with van der Waals surface area (Å²) in [6.07, 6.45) is 12.5. The molecule has 0 aromatic rings. The van der Waals surface area contributed by atoms with Crippen molar-refractivity contribution in [2.24, 2.45) is 0 Å². The maximum atomic E-state index is 11.4. The minimum Gasteiger partial charge on any atom is -0.464 e. The summed E-state index contributed by atoms with van der Waals surface area (Å²) >= 11 is 0. The first-order valence-electron chi connectivity index (χ1n) is 9.59. The van der Waals surface area contributed by atoms with E-state index >= 15 is 0 Å². The number of unbranched alkanes of at least 4 members (excludes halogenated alkanes) is 9. The van der Waals surface area contributed by atoms with Crippen LogP contribution in [0.15, 0.2) is 0 Å². The predicted molar refractivity (Wildman–Crippen MR) is 94.9 cm³/mol. The summed E-state index contributed by atoms with van der Waals surface area (Å²) in [5.74, 6) is -0.844. The summed E-state index contributed by atoms with van der Waals surface area (Å²) in [6, 6.07) is 0. The molecule has 0 unspecified atom stereocenters. The third-order valence-electron chi connectivity index (χ3n) is 3.71. The van der Waals surface area contributed by atoms with Crippen LogP contribution in [-0.4, -0.2) is 38.4 Å². The van der Waals surface area contributed by atoms with Crippen molar-refractivity contribution in [3.05, 3.63) is 0 Å². The average molecular weight is 344 g/mol. The maximum Gasteiger partial charge on any atom is 0.332 e. The molecule has 0 N–H and O–H groups in total. The van der Waals surface area contributed by atoms with Crippen molar-refractivity contribution in [2.75, 3.05) is 26.4 Å². The molecule has 0 saturated carbocycles. The van der Waals surface area contributed by atoms with E-state index in [1.807, 2.05) is 0 Å². The van der Waals surface area contributed by atoms with Gasteiger partial charge in [0.25, 0.3) is 0 Å². The molecule has 0 aliphatic rings. The zero-order valence-electron chi connectivity index (χ0n) is 15.6. The lowest BCUT2D eigenvalue weighted by Gasteiger charge is -2.07. The van der Waals surface area contributed by atoms with E-state index in [2.05, 4.69) is 13.8 Å². The van der Waals surface area contributed by atoms with Crippen molar-refractivity contribution in [1.29, 1.82) is 0 Å². The van der Waals surface area contributed by atoms with Crippen LogP contribution in [0.2, 0.25) is 0 Å². The molecule has 0 bridgehead atoms. The fourth-order valence-electron chi connectivity index (χ4n) is 2.26. The van der Waals surface area contributed by atoms with E-state index in [-0.39, 0.29) is 13.2 Å². The molecule has 0 radical (unpaired) electrons. The van der Waals surface area contributed by atoms with Gasteiger partial charge >= 0.3 is 11.9 Å². The summed E-state index contributed by atoms with van der Waals surface area (Å²) in [4.78, 5) is 22.8. The molecule has 0 aliphatic heterocycles. The quantitative estimate of drug-likeness (QED) is 0.289. The molecular formula is C19H36O5. The summed E-state index contributed by atoms with van der Waals surface area (Å²) in [7, 11) is 0. The van der Waals surface area contributed by atoms with E-state index in [9.17, 15) is 9.59 Å². The Balaban J connectivity index is 3.32. The molecule has 5 heteroatoms. The molecule has 24 heavy (non-hydrogen) atoms. The van der Waals surface area contributed by atoms with Crippen molar-refractivity contribution >= 4 is 11.9 Å². The van der Waals surface area contributed by atoms with Gasteiger partial charge in [-0.3, -0.25) is 0 Å². The fourth-order valence-corrected chi connectivity index (χ4v) is 2.26. The number of hydrogen-bond donors (Lipinski definition) is 0. The van der Waals surface area contributed by atoms with Crippen molar-refractivity contribution in [2.45, 2.75) is 84.5 Å². The van der Waals surface area contributed by atoms with Crippen LogP contribution >= 0.6 is 0 Å². The fraction of sp³-hybridized carbons (Fsp3) is 0.895. The minimum absolute atomic E-state index is 0.193. The van der Waals surface area contributed by atoms with Crippen LogP contribution in [0.25, 0.3) is 0 Å². The Morgan fingerprint density at radius 1 is 0.583 bits per heavy atom. The Morgan fingerprint density at radius 3 is 1.42 bits per heavy atom. The van der Waals surface area contributed by atoms with Gasteiger partial charge in [-0.2, -0.15) is 0 Å². The smallest absolute Gasteiger partial charge is 0.332 e. The number of rotatable bonds is 17. The van der Waals surface area contributed by atoms with Crippen LogP contribution in [0.4, 0.5) is 0 Å². The van der Waals surface area contributed by atoms with Crippen molar-refractivity contribution < 1.29 is 23.8 Å². The van der Waals surface area contributed by atoms with Crippen LogP contribution in [0.1, 0.15) is 84.5 Å². The second-order valence-electron chi connectivity index (χ2n) is 6.12. The van der Waals surface area contributed by atoms with Crippen LogP contribution < -0.4 is 0 Å². The van der Waals surface area contributed by atoms with Gasteiger partial charge in [0.1, 0.15) is 13.2 Å². The van der Waals surface area contributed by atoms with Crippen molar-refractivity contribution in [1.82, 2.24) is 0 Å². The Morgan fingerprint density at radius 2 is 0.958 bits per heavy atom. The van der Waals surface area contributed by atoms with Crippen LogP contribution in [0, 0.1) is 0 Å². The van der Waals surface area contributed by atoms with Gasteiger partial charge in [-0.05, 0) is 12.8 Å². The van der Waals surface area contributed by atoms with Gasteiger partial charge in [-0.15, -0.1) is 0 Å². The van der Waals surface area contributed by atoms with E-state index in [4.69, 9.17) is 14.2 Å². The van der Waals surface area contributed by atoms with Crippen molar-refractivity contribution in [3.8, 4) is 0 Å². The second-order valence-corrected chi connectivity index (χ2v) is 6.12. The second kappa shape index (κ2) is 18.2. The molecule has 0 aromatic carbocycles. The van der Waals surface area contributed by atoms with Gasteiger partial charge in [-0.1, -0.05) is 71.6 Å². The molecule has 0 aliphatic carbocycles. The van der Waals surface area contributed by atoms with Gasteiger partial charge < -0.3 is 14.2 Å². The van der Waals surface area contributed by atoms with Gasteiger partial charge in [0.15, 0.2) is 0 Å². The molecule has 0 aromatic heterocycles. The first-order chi connectivity index (χ1) is 11.7. The van der Waals surface area contributed by atoms with Gasteiger partial charge in [0, 0.05) is 0 Å². The van der Waals surface area contributed by atoms with Crippen LogP contribution in [0.5, 0.6) is 0 Å². The highest BCUT2D eigenvalue weighted by molar-refractivity contribution is 5.73. The highest BCUT2D eigenvalue weighted by atomic mass is 16.6. The lowest BCUT2D eigenvalue weighted by Crippen LogP contribution is -2.19. The molecular weight excluding hydrogens is 308 g/mol. The first kappa shape index (κ1) is 22.9. The first-order valence-corrected chi connectivity index (χ1v) is 9.59. The Bertz CT molecular complexity index is 304. The molecule has 5 nitrogen and oxygen atoms in total. The van der Waals surface area contributed by atoms with E-state index in [1.165, 1.54) is 32.1 Å². The number of esters is 2. The highest BCUT2D eigenvalue weighted by Crippen LogP contribution is 2.06. The topological polar surface area (TPSA) is 61.8 Å².